The summed E-state index contributed by atoms with van der Waals surface area (Å²) in [6.07, 6.45) is 1.64. The summed E-state index contributed by atoms with van der Waals surface area (Å²) in [5.41, 5.74) is 4.08. The van der Waals surface area contributed by atoms with Gasteiger partial charge in [0.15, 0.2) is 0 Å². The minimum atomic E-state index is -0.316. The van der Waals surface area contributed by atoms with Gasteiger partial charge in [-0.1, -0.05) is 47.7 Å². The van der Waals surface area contributed by atoms with E-state index in [1.165, 1.54) is 11.3 Å². The molecular weight excluding hydrogens is 320 g/mol. The van der Waals surface area contributed by atoms with Gasteiger partial charge in [-0.2, -0.15) is 0 Å². The van der Waals surface area contributed by atoms with E-state index in [1.807, 2.05) is 66.2 Å². The van der Waals surface area contributed by atoms with E-state index in [-0.39, 0.29) is 5.91 Å². The summed E-state index contributed by atoms with van der Waals surface area (Å²) in [7, 11) is 1.93. The number of nitrogens with zero attached hydrogens (tertiary/aromatic N) is 3. The van der Waals surface area contributed by atoms with Gasteiger partial charge in [-0.25, -0.2) is 5.43 Å². The molecule has 5 nitrogen and oxygen atoms in total. The van der Waals surface area contributed by atoms with Crippen molar-refractivity contribution in [3.05, 3.63) is 71.3 Å². The number of amides is 1. The van der Waals surface area contributed by atoms with Crippen LogP contribution in [0.4, 0.5) is 0 Å². The zero-order valence-corrected chi connectivity index (χ0v) is 13.7. The molecular formula is C18H14N4OS. The molecule has 0 saturated carbocycles. The molecule has 0 atom stereocenters. The second-order valence-electron chi connectivity index (χ2n) is 5.34. The van der Waals surface area contributed by atoms with Gasteiger partial charge in [0, 0.05) is 18.6 Å². The van der Waals surface area contributed by atoms with Crippen molar-refractivity contribution in [1.29, 1.82) is 0 Å². The normalized spacial score (nSPS) is 12.0. The molecule has 118 valence electrons. The standard InChI is InChI=1S/C18H14N4OS/c1-22-14-8-4-5-9-15(14)24-18(22)21-20-17(23)16-13-7-3-2-6-12(13)10-11-19-16/h2-11H,1H3,(H,20,23)/b21-18+. The summed E-state index contributed by atoms with van der Waals surface area (Å²) in [4.78, 5) is 17.4. The number of hydrogen-bond acceptors (Lipinski definition) is 4. The van der Waals surface area contributed by atoms with Crippen LogP contribution in [0.25, 0.3) is 21.0 Å². The first-order valence-corrected chi connectivity index (χ1v) is 8.28. The highest BCUT2D eigenvalue weighted by Crippen LogP contribution is 2.16. The van der Waals surface area contributed by atoms with Crippen molar-refractivity contribution in [2.75, 3.05) is 0 Å². The summed E-state index contributed by atoms with van der Waals surface area (Å²) in [6, 6.07) is 17.6. The number of pyridine rings is 1. The zero-order chi connectivity index (χ0) is 16.5. The summed E-state index contributed by atoms with van der Waals surface area (Å²) in [6.45, 7) is 0. The smallest absolute Gasteiger partial charge is 0.290 e. The molecule has 24 heavy (non-hydrogen) atoms. The maximum atomic E-state index is 12.5. The van der Waals surface area contributed by atoms with Gasteiger partial charge in [-0.15, -0.1) is 5.10 Å². The van der Waals surface area contributed by atoms with Crippen LogP contribution in [0.1, 0.15) is 10.5 Å². The largest absolute Gasteiger partial charge is 0.318 e. The highest BCUT2D eigenvalue weighted by atomic mass is 32.1. The van der Waals surface area contributed by atoms with E-state index in [9.17, 15) is 4.79 Å². The Kier molecular flexibility index (Phi) is 3.59. The lowest BCUT2D eigenvalue weighted by Crippen LogP contribution is -2.24. The number of carbonyl (C=O) groups excluding carboxylic acids is 1. The Balaban J connectivity index is 1.72. The van der Waals surface area contributed by atoms with Crippen LogP contribution in [0, 0.1) is 0 Å². The van der Waals surface area contributed by atoms with E-state index in [0.717, 1.165) is 25.8 Å². The maximum absolute atomic E-state index is 12.5. The molecule has 1 amide bonds. The van der Waals surface area contributed by atoms with E-state index in [4.69, 9.17) is 0 Å². The van der Waals surface area contributed by atoms with Gasteiger partial charge < -0.3 is 4.57 Å². The summed E-state index contributed by atoms with van der Waals surface area (Å²) in [5, 5.41) is 6.06. The first-order valence-electron chi connectivity index (χ1n) is 7.46. The number of benzene rings is 2. The molecule has 6 heteroatoms. The van der Waals surface area contributed by atoms with Crippen LogP contribution >= 0.6 is 11.3 Å². The van der Waals surface area contributed by atoms with Crippen molar-refractivity contribution in [2.45, 2.75) is 0 Å². The monoisotopic (exact) mass is 334 g/mol. The van der Waals surface area contributed by atoms with Gasteiger partial charge in [0.1, 0.15) is 5.69 Å². The number of fused-ring (bicyclic) bond motifs is 2. The van der Waals surface area contributed by atoms with E-state index < -0.39 is 0 Å². The highest BCUT2D eigenvalue weighted by molar-refractivity contribution is 7.16. The van der Waals surface area contributed by atoms with E-state index in [1.54, 1.807) is 6.20 Å². The number of nitrogens with one attached hydrogen (secondary N) is 1. The first-order chi connectivity index (χ1) is 11.7. The zero-order valence-electron chi connectivity index (χ0n) is 12.9. The molecule has 1 N–H and O–H groups in total. The third-order valence-corrected chi connectivity index (χ3v) is 4.97. The first kappa shape index (κ1) is 14.6. The van der Waals surface area contributed by atoms with Crippen molar-refractivity contribution in [2.24, 2.45) is 12.1 Å². The second kappa shape index (κ2) is 5.90. The quantitative estimate of drug-likeness (QED) is 0.573. The minimum absolute atomic E-state index is 0.316. The molecule has 0 bridgehead atoms. The van der Waals surface area contributed by atoms with Gasteiger partial charge in [0.2, 0.25) is 4.80 Å². The Hall–Kier alpha value is -2.99. The van der Waals surface area contributed by atoms with Crippen molar-refractivity contribution in [1.82, 2.24) is 15.0 Å². The lowest BCUT2D eigenvalue weighted by Gasteiger charge is -2.03. The SMILES string of the molecule is Cn1/c(=N\NC(=O)c2nccc3ccccc23)sc2ccccc21. The molecule has 0 saturated heterocycles. The Morgan fingerprint density at radius 1 is 1.12 bits per heavy atom. The molecule has 0 radical (unpaired) electrons. The second-order valence-corrected chi connectivity index (χ2v) is 6.35. The number of thiazole rings is 1. The molecule has 2 aromatic heterocycles. The van der Waals surface area contributed by atoms with Crippen LogP contribution in [0.2, 0.25) is 0 Å². The fourth-order valence-corrected chi connectivity index (χ4v) is 3.62. The van der Waals surface area contributed by atoms with Crippen molar-refractivity contribution < 1.29 is 4.79 Å². The van der Waals surface area contributed by atoms with Crippen LogP contribution in [0.5, 0.6) is 0 Å². The van der Waals surface area contributed by atoms with Crippen molar-refractivity contribution in [3.8, 4) is 0 Å². The molecule has 0 aliphatic rings. The Morgan fingerprint density at radius 2 is 1.92 bits per heavy atom. The van der Waals surface area contributed by atoms with Gasteiger partial charge >= 0.3 is 0 Å². The Morgan fingerprint density at radius 3 is 2.79 bits per heavy atom. The number of hydrogen-bond donors (Lipinski definition) is 1. The van der Waals surface area contributed by atoms with E-state index in [2.05, 4.69) is 15.5 Å². The molecule has 0 fully saturated rings. The number of aromatic nitrogens is 2. The molecule has 4 aromatic rings. The molecule has 0 spiro atoms. The molecule has 2 aromatic carbocycles. The molecule has 0 aliphatic carbocycles. The highest BCUT2D eigenvalue weighted by Gasteiger charge is 2.11. The summed E-state index contributed by atoms with van der Waals surface area (Å²) >= 11 is 1.53. The van der Waals surface area contributed by atoms with Gasteiger partial charge in [-0.3, -0.25) is 9.78 Å². The predicted molar refractivity (Wildman–Crippen MR) is 95.6 cm³/mol. The Labute approximate surface area is 141 Å². The predicted octanol–water partition coefficient (Wildman–Crippen LogP) is 3.03. The maximum Gasteiger partial charge on any atom is 0.290 e. The van der Waals surface area contributed by atoms with Crippen molar-refractivity contribution >= 4 is 38.2 Å². The lowest BCUT2D eigenvalue weighted by atomic mass is 10.1. The van der Waals surface area contributed by atoms with Crippen LogP contribution in [0.15, 0.2) is 65.9 Å². The average Bonchev–Trinajstić information content (AvgIpc) is 2.95. The topological polar surface area (TPSA) is 59.3 Å². The van der Waals surface area contributed by atoms with Crippen LogP contribution in [-0.2, 0) is 7.05 Å². The fraction of sp³-hybridized carbons (Fsp3) is 0.0556. The fourth-order valence-electron chi connectivity index (χ4n) is 2.64. The van der Waals surface area contributed by atoms with Crippen LogP contribution in [-0.4, -0.2) is 15.5 Å². The number of rotatable bonds is 2. The molecule has 2 heterocycles. The average molecular weight is 334 g/mol. The molecule has 0 aliphatic heterocycles. The lowest BCUT2D eigenvalue weighted by molar-refractivity contribution is 0.0950. The van der Waals surface area contributed by atoms with E-state index in [0.29, 0.717) is 5.69 Å². The molecule has 4 rings (SSSR count). The number of para-hydroxylation sites is 1. The Bertz CT molecular complexity index is 1120. The van der Waals surface area contributed by atoms with Gasteiger partial charge in [-0.05, 0) is 23.6 Å². The van der Waals surface area contributed by atoms with Crippen molar-refractivity contribution in [3.63, 3.8) is 0 Å². The van der Waals surface area contributed by atoms with Gasteiger partial charge in [0.05, 0.1) is 10.2 Å². The molecule has 0 unspecified atom stereocenters. The van der Waals surface area contributed by atoms with Crippen LogP contribution in [0.3, 0.4) is 0 Å². The third-order valence-electron chi connectivity index (χ3n) is 3.86. The minimum Gasteiger partial charge on any atom is -0.318 e. The summed E-state index contributed by atoms with van der Waals surface area (Å²) in [5.74, 6) is -0.316. The number of carbonyl (C=O) groups is 1. The summed E-state index contributed by atoms with van der Waals surface area (Å²) < 4.78 is 3.08. The number of aryl methyl sites for hydroxylation is 1. The van der Waals surface area contributed by atoms with Gasteiger partial charge in [0.25, 0.3) is 5.91 Å². The van der Waals surface area contributed by atoms with E-state index >= 15 is 0 Å². The van der Waals surface area contributed by atoms with Crippen LogP contribution < -0.4 is 10.2 Å². The third kappa shape index (κ3) is 2.47.